The van der Waals surface area contributed by atoms with Crippen LogP contribution in [0.15, 0.2) is 24.3 Å². The summed E-state index contributed by atoms with van der Waals surface area (Å²) in [6, 6.07) is 8.82. The largest absolute Gasteiger partial charge is 0.0976 e. The normalized spacial score (nSPS) is 9.47. The zero-order valence-electron chi connectivity index (χ0n) is 9.22. The Morgan fingerprint density at radius 1 is 1.07 bits per heavy atom. The van der Waals surface area contributed by atoms with Gasteiger partial charge in [-0.05, 0) is 24.0 Å². The van der Waals surface area contributed by atoms with Crippen molar-refractivity contribution >= 4 is 15.9 Å². The number of unbranched alkanes of at least 4 members (excludes halogenated alkanes) is 1. The molecule has 0 radical (unpaired) electrons. The minimum atomic E-state index is 0.765. The van der Waals surface area contributed by atoms with Gasteiger partial charge in [-0.3, -0.25) is 0 Å². The van der Waals surface area contributed by atoms with Crippen LogP contribution in [0.1, 0.15) is 30.9 Å². The lowest BCUT2D eigenvalue weighted by molar-refractivity contribution is 0.795. The SMILES string of the molecule is CCCCc1ccc(CC#CCBr)cc1. The highest BCUT2D eigenvalue weighted by Gasteiger charge is 1.93. The van der Waals surface area contributed by atoms with Gasteiger partial charge in [-0.15, -0.1) is 0 Å². The number of benzene rings is 1. The lowest BCUT2D eigenvalue weighted by Gasteiger charge is -2.00. The third kappa shape index (κ3) is 5.04. The average molecular weight is 265 g/mol. The monoisotopic (exact) mass is 264 g/mol. The average Bonchev–Trinajstić information content (AvgIpc) is 2.28. The Kier molecular flexibility index (Phi) is 6.20. The number of alkyl halides is 1. The smallest absolute Gasteiger partial charge is 0.0645 e. The van der Waals surface area contributed by atoms with Crippen LogP contribution in [0.3, 0.4) is 0 Å². The summed E-state index contributed by atoms with van der Waals surface area (Å²) in [5.41, 5.74) is 2.75. The van der Waals surface area contributed by atoms with Gasteiger partial charge < -0.3 is 0 Å². The van der Waals surface area contributed by atoms with Gasteiger partial charge in [0.15, 0.2) is 0 Å². The second kappa shape index (κ2) is 7.54. The number of halogens is 1. The number of hydrogen-bond acceptors (Lipinski definition) is 0. The second-order valence-electron chi connectivity index (χ2n) is 3.58. The maximum absolute atomic E-state index is 3.29. The van der Waals surface area contributed by atoms with E-state index in [9.17, 15) is 0 Å². The van der Waals surface area contributed by atoms with Crippen LogP contribution in [0.5, 0.6) is 0 Å². The van der Waals surface area contributed by atoms with Gasteiger partial charge in [0.05, 0.1) is 5.33 Å². The molecule has 0 aliphatic rings. The van der Waals surface area contributed by atoms with Gasteiger partial charge in [0.25, 0.3) is 0 Å². The molecule has 0 heterocycles. The Morgan fingerprint density at radius 3 is 2.33 bits per heavy atom. The van der Waals surface area contributed by atoms with Crippen molar-refractivity contribution in [3.05, 3.63) is 35.4 Å². The maximum atomic E-state index is 3.29. The molecule has 0 nitrogen and oxygen atoms in total. The van der Waals surface area contributed by atoms with E-state index >= 15 is 0 Å². The zero-order valence-corrected chi connectivity index (χ0v) is 10.8. The van der Waals surface area contributed by atoms with Crippen molar-refractivity contribution in [2.75, 3.05) is 5.33 Å². The first-order valence-electron chi connectivity index (χ1n) is 5.46. The summed E-state index contributed by atoms with van der Waals surface area (Å²) in [7, 11) is 0. The van der Waals surface area contributed by atoms with Crippen molar-refractivity contribution in [3.8, 4) is 11.8 Å². The number of rotatable bonds is 4. The minimum absolute atomic E-state index is 0.765. The molecule has 0 saturated heterocycles. The molecule has 0 aliphatic carbocycles. The zero-order chi connectivity index (χ0) is 10.9. The van der Waals surface area contributed by atoms with E-state index in [-0.39, 0.29) is 0 Å². The van der Waals surface area contributed by atoms with E-state index in [2.05, 4.69) is 59.0 Å². The molecule has 0 amide bonds. The molecule has 0 saturated carbocycles. The van der Waals surface area contributed by atoms with E-state index < -0.39 is 0 Å². The molecule has 80 valence electrons. The van der Waals surface area contributed by atoms with Crippen LogP contribution in [0.2, 0.25) is 0 Å². The van der Waals surface area contributed by atoms with Gasteiger partial charge in [-0.25, -0.2) is 0 Å². The van der Waals surface area contributed by atoms with E-state index in [1.807, 2.05) is 0 Å². The fourth-order valence-electron chi connectivity index (χ4n) is 1.42. The molecule has 0 N–H and O–H groups in total. The van der Waals surface area contributed by atoms with Crippen LogP contribution >= 0.6 is 15.9 Å². The van der Waals surface area contributed by atoms with Crippen molar-refractivity contribution in [1.82, 2.24) is 0 Å². The van der Waals surface area contributed by atoms with E-state index in [0.29, 0.717) is 0 Å². The van der Waals surface area contributed by atoms with Crippen LogP contribution < -0.4 is 0 Å². The Morgan fingerprint density at radius 2 is 1.73 bits per heavy atom. The molecular weight excluding hydrogens is 248 g/mol. The Hall–Kier alpha value is -0.740. The topological polar surface area (TPSA) is 0 Å². The van der Waals surface area contributed by atoms with Crippen molar-refractivity contribution in [2.24, 2.45) is 0 Å². The van der Waals surface area contributed by atoms with Crippen molar-refractivity contribution < 1.29 is 0 Å². The molecule has 0 aliphatic heterocycles. The summed E-state index contributed by atoms with van der Waals surface area (Å²) >= 11 is 3.29. The maximum Gasteiger partial charge on any atom is 0.0645 e. The molecule has 1 aromatic rings. The van der Waals surface area contributed by atoms with Crippen LogP contribution in [-0.2, 0) is 12.8 Å². The first-order chi connectivity index (χ1) is 7.36. The molecule has 0 aromatic heterocycles. The van der Waals surface area contributed by atoms with Crippen LogP contribution in [0, 0.1) is 11.8 Å². The van der Waals surface area contributed by atoms with Crippen LogP contribution in [-0.4, -0.2) is 5.33 Å². The van der Waals surface area contributed by atoms with E-state index in [4.69, 9.17) is 0 Å². The van der Waals surface area contributed by atoms with Crippen molar-refractivity contribution in [2.45, 2.75) is 32.6 Å². The number of hydrogen-bond donors (Lipinski definition) is 0. The van der Waals surface area contributed by atoms with Gasteiger partial charge in [0.1, 0.15) is 0 Å². The third-order valence-electron chi connectivity index (χ3n) is 2.33. The predicted octanol–water partition coefficient (Wildman–Crippen LogP) is 3.97. The summed E-state index contributed by atoms with van der Waals surface area (Å²) in [5, 5.41) is 0.765. The third-order valence-corrected chi connectivity index (χ3v) is 2.61. The molecule has 0 fully saturated rings. The summed E-state index contributed by atoms with van der Waals surface area (Å²) in [6.07, 6.45) is 4.60. The molecule has 0 atom stereocenters. The Balaban J connectivity index is 2.48. The van der Waals surface area contributed by atoms with Crippen LogP contribution in [0.4, 0.5) is 0 Å². The van der Waals surface area contributed by atoms with Crippen LogP contribution in [0.25, 0.3) is 0 Å². The Bertz CT molecular complexity index is 327. The highest BCUT2D eigenvalue weighted by Crippen LogP contribution is 2.08. The van der Waals surface area contributed by atoms with E-state index in [1.165, 1.54) is 30.4 Å². The van der Waals surface area contributed by atoms with Gasteiger partial charge in [0.2, 0.25) is 0 Å². The number of aryl methyl sites for hydroxylation is 1. The quantitative estimate of drug-likeness (QED) is 0.570. The summed E-state index contributed by atoms with van der Waals surface area (Å²) in [6.45, 7) is 2.23. The standard InChI is InChI=1S/C14H17Br/c1-2-3-6-13-8-10-14(11-9-13)7-4-5-12-15/h8-11H,2-3,6-7,12H2,1H3. The van der Waals surface area contributed by atoms with Crippen molar-refractivity contribution in [1.29, 1.82) is 0 Å². The molecule has 0 unspecified atom stereocenters. The highest BCUT2D eigenvalue weighted by atomic mass is 79.9. The predicted molar refractivity (Wildman–Crippen MR) is 70.3 cm³/mol. The van der Waals surface area contributed by atoms with Crippen molar-refractivity contribution in [3.63, 3.8) is 0 Å². The Labute approximate surface area is 101 Å². The van der Waals surface area contributed by atoms with Gasteiger partial charge in [-0.1, -0.05) is 65.4 Å². The fraction of sp³-hybridized carbons (Fsp3) is 0.429. The van der Waals surface area contributed by atoms with Gasteiger partial charge >= 0.3 is 0 Å². The molecular formula is C14H17Br. The minimum Gasteiger partial charge on any atom is -0.0976 e. The van der Waals surface area contributed by atoms with E-state index in [0.717, 1.165) is 11.8 Å². The van der Waals surface area contributed by atoms with Gasteiger partial charge in [0, 0.05) is 6.42 Å². The molecule has 1 aromatic carbocycles. The molecule has 15 heavy (non-hydrogen) atoms. The first kappa shape index (κ1) is 12.3. The second-order valence-corrected chi connectivity index (χ2v) is 4.14. The first-order valence-corrected chi connectivity index (χ1v) is 6.58. The molecule has 1 heteroatoms. The molecule has 0 bridgehead atoms. The summed E-state index contributed by atoms with van der Waals surface area (Å²) < 4.78 is 0. The summed E-state index contributed by atoms with van der Waals surface area (Å²) in [5.74, 6) is 6.13. The molecule has 0 spiro atoms. The summed E-state index contributed by atoms with van der Waals surface area (Å²) in [4.78, 5) is 0. The van der Waals surface area contributed by atoms with E-state index in [1.54, 1.807) is 0 Å². The van der Waals surface area contributed by atoms with Gasteiger partial charge in [-0.2, -0.15) is 0 Å². The lowest BCUT2D eigenvalue weighted by atomic mass is 10.1. The lowest BCUT2D eigenvalue weighted by Crippen LogP contribution is -1.86. The molecule has 1 rings (SSSR count). The highest BCUT2D eigenvalue weighted by molar-refractivity contribution is 9.09. The fourth-order valence-corrected chi connectivity index (χ4v) is 1.61.